The SMILES string of the molecule is O=C(c1ccccc1F)N1CCC(NS(=O)(=O)c2ccc([N+](=O)[O-])cc2)CC1. The van der Waals surface area contributed by atoms with E-state index in [0.29, 0.717) is 25.9 Å². The topological polar surface area (TPSA) is 110 Å². The second-order valence-electron chi connectivity index (χ2n) is 6.42. The molecule has 0 aliphatic carbocycles. The first-order valence-corrected chi connectivity index (χ1v) is 10.1. The lowest BCUT2D eigenvalue weighted by Gasteiger charge is -2.32. The Kier molecular flexibility index (Phi) is 5.71. The number of sulfonamides is 1. The van der Waals surface area contributed by atoms with Crippen LogP contribution in [0.5, 0.6) is 0 Å². The lowest BCUT2D eigenvalue weighted by molar-refractivity contribution is -0.384. The summed E-state index contributed by atoms with van der Waals surface area (Å²) in [5.74, 6) is -1.01. The van der Waals surface area contributed by atoms with Gasteiger partial charge in [0.2, 0.25) is 10.0 Å². The number of piperidine rings is 1. The number of nitro benzene ring substituents is 1. The molecule has 1 aliphatic rings. The van der Waals surface area contributed by atoms with E-state index in [0.717, 1.165) is 12.1 Å². The number of hydrogen-bond donors (Lipinski definition) is 1. The van der Waals surface area contributed by atoms with Gasteiger partial charge in [0, 0.05) is 31.3 Å². The maximum Gasteiger partial charge on any atom is 0.269 e. The van der Waals surface area contributed by atoms with Crippen molar-refractivity contribution in [2.24, 2.45) is 0 Å². The molecule has 28 heavy (non-hydrogen) atoms. The van der Waals surface area contributed by atoms with E-state index in [1.165, 1.54) is 35.2 Å². The van der Waals surface area contributed by atoms with E-state index in [1.807, 2.05) is 0 Å². The number of carbonyl (C=O) groups is 1. The molecule has 0 spiro atoms. The van der Waals surface area contributed by atoms with Gasteiger partial charge in [-0.05, 0) is 37.1 Å². The number of benzene rings is 2. The lowest BCUT2D eigenvalue weighted by Crippen LogP contribution is -2.46. The highest BCUT2D eigenvalue weighted by Crippen LogP contribution is 2.20. The Bertz CT molecular complexity index is 987. The van der Waals surface area contributed by atoms with Crippen molar-refractivity contribution in [3.05, 3.63) is 70.0 Å². The van der Waals surface area contributed by atoms with Gasteiger partial charge in [-0.25, -0.2) is 17.5 Å². The second kappa shape index (κ2) is 8.03. The smallest absolute Gasteiger partial charge is 0.269 e. The zero-order chi connectivity index (χ0) is 20.3. The number of nitro groups is 1. The van der Waals surface area contributed by atoms with E-state index in [4.69, 9.17) is 0 Å². The number of non-ortho nitro benzene ring substituents is 1. The zero-order valence-electron chi connectivity index (χ0n) is 14.7. The van der Waals surface area contributed by atoms with Crippen molar-refractivity contribution in [2.45, 2.75) is 23.8 Å². The van der Waals surface area contributed by atoms with Gasteiger partial charge in [0.05, 0.1) is 15.4 Å². The average molecular weight is 407 g/mol. The van der Waals surface area contributed by atoms with Gasteiger partial charge in [-0.3, -0.25) is 14.9 Å². The van der Waals surface area contributed by atoms with Crippen LogP contribution in [0, 0.1) is 15.9 Å². The van der Waals surface area contributed by atoms with Gasteiger partial charge in [0.1, 0.15) is 5.82 Å². The molecule has 1 saturated heterocycles. The molecule has 2 aromatic carbocycles. The number of likely N-dealkylation sites (tertiary alicyclic amines) is 1. The Hall–Kier alpha value is -2.85. The Labute approximate surface area is 161 Å². The van der Waals surface area contributed by atoms with Crippen LogP contribution in [0.4, 0.5) is 10.1 Å². The highest BCUT2D eigenvalue weighted by atomic mass is 32.2. The van der Waals surface area contributed by atoms with Crippen LogP contribution in [0.15, 0.2) is 53.4 Å². The fourth-order valence-corrected chi connectivity index (χ4v) is 4.34. The van der Waals surface area contributed by atoms with Crippen LogP contribution < -0.4 is 4.72 Å². The van der Waals surface area contributed by atoms with Crippen LogP contribution in [0.2, 0.25) is 0 Å². The van der Waals surface area contributed by atoms with E-state index in [9.17, 15) is 27.7 Å². The zero-order valence-corrected chi connectivity index (χ0v) is 15.6. The fourth-order valence-electron chi connectivity index (χ4n) is 3.04. The number of nitrogens with one attached hydrogen (secondary N) is 1. The molecule has 0 saturated carbocycles. The molecular formula is C18H18FN3O5S. The molecule has 1 fully saturated rings. The summed E-state index contributed by atoms with van der Waals surface area (Å²) in [6.07, 6.45) is 0.763. The molecule has 148 valence electrons. The molecule has 0 unspecified atom stereocenters. The number of amides is 1. The number of hydrogen-bond acceptors (Lipinski definition) is 5. The fraction of sp³-hybridized carbons (Fsp3) is 0.278. The third kappa shape index (κ3) is 4.34. The van der Waals surface area contributed by atoms with E-state index in [-0.39, 0.29) is 22.2 Å². The Morgan fingerprint density at radius 3 is 2.29 bits per heavy atom. The van der Waals surface area contributed by atoms with E-state index in [2.05, 4.69) is 4.72 Å². The minimum absolute atomic E-state index is 0.00703. The van der Waals surface area contributed by atoms with E-state index in [1.54, 1.807) is 6.07 Å². The van der Waals surface area contributed by atoms with Crippen molar-refractivity contribution in [3.8, 4) is 0 Å². The lowest BCUT2D eigenvalue weighted by atomic mass is 10.0. The molecule has 3 rings (SSSR count). The maximum atomic E-state index is 13.8. The van der Waals surface area contributed by atoms with Crippen LogP contribution in [0.3, 0.4) is 0 Å². The molecule has 1 heterocycles. The number of carbonyl (C=O) groups excluding carboxylic acids is 1. The monoisotopic (exact) mass is 407 g/mol. The molecular weight excluding hydrogens is 389 g/mol. The summed E-state index contributed by atoms with van der Waals surface area (Å²) >= 11 is 0. The summed E-state index contributed by atoms with van der Waals surface area (Å²) in [7, 11) is -3.84. The first kappa shape index (κ1) is 19.9. The predicted molar refractivity (Wildman–Crippen MR) is 98.7 cm³/mol. The van der Waals surface area contributed by atoms with Gasteiger partial charge in [-0.1, -0.05) is 12.1 Å². The normalized spacial score (nSPS) is 15.4. The largest absolute Gasteiger partial charge is 0.338 e. The third-order valence-electron chi connectivity index (χ3n) is 4.57. The molecule has 0 radical (unpaired) electrons. The predicted octanol–water partition coefficient (Wildman–Crippen LogP) is 2.32. The van der Waals surface area contributed by atoms with Crippen LogP contribution in [-0.4, -0.2) is 43.3 Å². The molecule has 10 heteroatoms. The second-order valence-corrected chi connectivity index (χ2v) is 8.13. The van der Waals surface area contributed by atoms with Gasteiger partial charge in [-0.2, -0.15) is 0 Å². The van der Waals surface area contributed by atoms with Crippen LogP contribution in [0.25, 0.3) is 0 Å². The summed E-state index contributed by atoms with van der Waals surface area (Å²) in [5, 5.41) is 10.7. The van der Waals surface area contributed by atoms with Crippen LogP contribution >= 0.6 is 0 Å². The number of rotatable bonds is 5. The van der Waals surface area contributed by atoms with Gasteiger partial charge in [-0.15, -0.1) is 0 Å². The van der Waals surface area contributed by atoms with Crippen molar-refractivity contribution in [3.63, 3.8) is 0 Å². The molecule has 1 amide bonds. The summed E-state index contributed by atoms with van der Waals surface area (Å²) in [6, 6.07) is 9.96. The molecule has 0 aromatic heterocycles. The molecule has 8 nitrogen and oxygen atoms in total. The first-order chi connectivity index (χ1) is 13.3. The average Bonchev–Trinajstić information content (AvgIpc) is 2.68. The molecule has 0 atom stereocenters. The standard InChI is InChI=1S/C18H18FN3O5S/c19-17-4-2-1-3-16(17)18(23)21-11-9-13(10-12-21)20-28(26,27)15-7-5-14(6-8-15)22(24)25/h1-8,13,20H,9-12H2. The highest BCUT2D eigenvalue weighted by molar-refractivity contribution is 7.89. The van der Waals surface area contributed by atoms with Crippen molar-refractivity contribution in [1.82, 2.24) is 9.62 Å². The minimum atomic E-state index is -3.84. The Balaban J connectivity index is 1.61. The quantitative estimate of drug-likeness (QED) is 0.604. The first-order valence-electron chi connectivity index (χ1n) is 8.58. The summed E-state index contributed by atoms with van der Waals surface area (Å²) < 4.78 is 41.2. The van der Waals surface area contributed by atoms with Crippen molar-refractivity contribution < 1.29 is 22.5 Å². The van der Waals surface area contributed by atoms with Crippen molar-refractivity contribution >= 4 is 21.6 Å². The van der Waals surface area contributed by atoms with Crippen LogP contribution in [0.1, 0.15) is 23.2 Å². The molecule has 0 bridgehead atoms. The Morgan fingerprint density at radius 1 is 1.11 bits per heavy atom. The van der Waals surface area contributed by atoms with Gasteiger partial charge >= 0.3 is 0 Å². The van der Waals surface area contributed by atoms with E-state index >= 15 is 0 Å². The number of nitrogens with zero attached hydrogens (tertiary/aromatic N) is 2. The Morgan fingerprint density at radius 2 is 1.71 bits per heavy atom. The van der Waals surface area contributed by atoms with E-state index < -0.39 is 26.7 Å². The summed E-state index contributed by atoms with van der Waals surface area (Å²) in [4.78, 5) is 23.9. The highest BCUT2D eigenvalue weighted by Gasteiger charge is 2.28. The summed E-state index contributed by atoms with van der Waals surface area (Å²) in [6.45, 7) is 0.585. The van der Waals surface area contributed by atoms with Gasteiger partial charge < -0.3 is 4.90 Å². The van der Waals surface area contributed by atoms with Gasteiger partial charge in [0.15, 0.2) is 0 Å². The molecule has 2 aromatic rings. The minimum Gasteiger partial charge on any atom is -0.338 e. The van der Waals surface area contributed by atoms with Crippen molar-refractivity contribution in [1.29, 1.82) is 0 Å². The van der Waals surface area contributed by atoms with Gasteiger partial charge in [0.25, 0.3) is 11.6 Å². The third-order valence-corrected chi connectivity index (χ3v) is 6.10. The maximum absolute atomic E-state index is 13.8. The summed E-state index contributed by atoms with van der Waals surface area (Å²) in [5.41, 5.74) is -0.202. The number of halogens is 1. The molecule has 1 N–H and O–H groups in total. The van der Waals surface area contributed by atoms with Crippen LogP contribution in [-0.2, 0) is 10.0 Å². The van der Waals surface area contributed by atoms with Crippen molar-refractivity contribution in [2.75, 3.05) is 13.1 Å². The molecule has 1 aliphatic heterocycles.